The van der Waals surface area contributed by atoms with Crippen molar-refractivity contribution in [3.8, 4) is 0 Å². The lowest BCUT2D eigenvalue weighted by Gasteiger charge is -1.98. The molecule has 5 rings (SSSR count). The van der Waals surface area contributed by atoms with Crippen molar-refractivity contribution in [1.82, 2.24) is 9.55 Å². The summed E-state index contributed by atoms with van der Waals surface area (Å²) in [4.78, 5) is 6.70. The molecule has 0 aliphatic rings. The van der Waals surface area contributed by atoms with Gasteiger partial charge >= 0.3 is 0 Å². The standard InChI is InChI=1S/C35H35N4S2/c1-3-28(12-14-30-26-37-34-10-6-4-8-32(30)34)16-19-36-20-24-40-41-25-23-39-21-17-29(18-22-39)13-15-31-27-38(2)35-11-7-5-9-33(31)35/h3-19,21-22,26-27,37H,1,20,23-25H2,2H3/q+1/p+1/b14-12+,28-16+,36-19?. The van der Waals surface area contributed by atoms with Crippen molar-refractivity contribution in [3.63, 3.8) is 0 Å². The number of para-hydroxylation sites is 2. The quantitative estimate of drug-likeness (QED) is 0.0554. The highest BCUT2D eigenvalue weighted by molar-refractivity contribution is 8.76. The van der Waals surface area contributed by atoms with Gasteiger partial charge in [-0.2, -0.15) is 0 Å². The smallest absolute Gasteiger partial charge is 0.169 e. The number of aromatic amines is 1. The zero-order chi connectivity index (χ0) is 28.3. The van der Waals surface area contributed by atoms with Crippen molar-refractivity contribution in [3.05, 3.63) is 133 Å². The van der Waals surface area contributed by atoms with Crippen molar-refractivity contribution < 1.29 is 9.56 Å². The molecule has 0 fully saturated rings. The van der Waals surface area contributed by atoms with Crippen LogP contribution in [-0.4, -0.2) is 33.8 Å². The van der Waals surface area contributed by atoms with Crippen molar-refractivity contribution >= 4 is 67.8 Å². The third-order valence-electron chi connectivity index (χ3n) is 6.85. The van der Waals surface area contributed by atoms with Crippen LogP contribution in [-0.2, 0) is 13.6 Å². The summed E-state index contributed by atoms with van der Waals surface area (Å²) in [5.74, 6) is 2.12. The molecule has 0 atom stereocenters. The van der Waals surface area contributed by atoms with E-state index in [1.165, 1.54) is 33.0 Å². The summed E-state index contributed by atoms with van der Waals surface area (Å²) >= 11 is 0. The predicted octanol–water partition coefficient (Wildman–Crippen LogP) is 6.48. The summed E-state index contributed by atoms with van der Waals surface area (Å²) in [5.41, 5.74) is 7.11. The van der Waals surface area contributed by atoms with Crippen molar-refractivity contribution in [2.24, 2.45) is 7.05 Å². The van der Waals surface area contributed by atoms with Crippen LogP contribution < -0.4 is 9.56 Å². The minimum absolute atomic E-state index is 0.926. The van der Waals surface area contributed by atoms with Gasteiger partial charge in [0.1, 0.15) is 0 Å². The van der Waals surface area contributed by atoms with Crippen LogP contribution in [0.2, 0.25) is 0 Å². The average Bonchev–Trinajstić information content (AvgIpc) is 3.57. The predicted molar refractivity (Wildman–Crippen MR) is 181 cm³/mol. The molecule has 0 aliphatic heterocycles. The lowest BCUT2D eigenvalue weighted by atomic mass is 10.1. The zero-order valence-corrected chi connectivity index (χ0v) is 25.0. The Hall–Kier alpha value is -4.00. The number of hydrogen-bond donors (Lipinski definition) is 2. The Labute approximate surface area is 250 Å². The van der Waals surface area contributed by atoms with Crippen molar-refractivity contribution in [2.75, 3.05) is 18.1 Å². The first kappa shape index (κ1) is 28.5. The monoisotopic (exact) mass is 576 g/mol. The SMILES string of the molecule is C=CC(/C=C/c1c[nH]c2ccccc12)=C\C=[NH+]CCSSCC[n+]1ccc(/C=C/c2cn(C)c3ccccc23)cc1. The van der Waals surface area contributed by atoms with Gasteiger partial charge in [-0.3, -0.25) is 0 Å². The molecule has 5 aromatic rings. The molecule has 6 heteroatoms. The summed E-state index contributed by atoms with van der Waals surface area (Å²) in [7, 11) is 5.92. The Balaban J connectivity index is 0.997. The lowest BCUT2D eigenvalue weighted by Crippen LogP contribution is -2.69. The topological polar surface area (TPSA) is 38.6 Å². The highest BCUT2D eigenvalue weighted by atomic mass is 33.1. The van der Waals surface area contributed by atoms with E-state index in [-0.39, 0.29) is 0 Å². The van der Waals surface area contributed by atoms with E-state index in [9.17, 15) is 0 Å². The van der Waals surface area contributed by atoms with Crippen LogP contribution in [0.15, 0.2) is 116 Å². The first-order valence-corrected chi connectivity index (χ1v) is 16.3. The number of aryl methyl sites for hydroxylation is 2. The molecule has 0 unspecified atom stereocenters. The molecular formula is C35H36N4S2+2. The molecular weight excluding hydrogens is 541 g/mol. The maximum absolute atomic E-state index is 3.95. The fourth-order valence-corrected chi connectivity index (χ4v) is 6.53. The molecule has 41 heavy (non-hydrogen) atoms. The van der Waals surface area contributed by atoms with E-state index >= 15 is 0 Å². The number of allylic oxidation sites excluding steroid dienone is 4. The van der Waals surface area contributed by atoms with Crippen LogP contribution in [0, 0.1) is 0 Å². The number of nitrogens with one attached hydrogen (secondary N) is 2. The summed E-state index contributed by atoms with van der Waals surface area (Å²) in [5, 5.41) is 2.51. The summed E-state index contributed by atoms with van der Waals surface area (Å²) in [6.45, 7) is 5.87. The molecule has 0 aliphatic carbocycles. The Morgan fingerprint density at radius 2 is 1.71 bits per heavy atom. The molecule has 2 aromatic carbocycles. The minimum atomic E-state index is 0.926. The van der Waals surface area contributed by atoms with E-state index in [0.29, 0.717) is 0 Å². The van der Waals surface area contributed by atoms with E-state index in [1.54, 1.807) is 0 Å². The molecule has 0 saturated heterocycles. The molecule has 0 saturated carbocycles. The fourth-order valence-electron chi connectivity index (χ4n) is 4.63. The van der Waals surface area contributed by atoms with Gasteiger partial charge < -0.3 is 9.55 Å². The Morgan fingerprint density at radius 3 is 2.56 bits per heavy atom. The van der Waals surface area contributed by atoms with Gasteiger partial charge in [-0.05, 0) is 34.4 Å². The highest BCUT2D eigenvalue weighted by Crippen LogP contribution is 2.23. The van der Waals surface area contributed by atoms with E-state index in [1.807, 2.05) is 46.1 Å². The number of pyridine rings is 1. The maximum atomic E-state index is 3.95. The van der Waals surface area contributed by atoms with Gasteiger partial charge in [0.2, 0.25) is 0 Å². The molecule has 0 spiro atoms. The Bertz CT molecular complexity index is 1720. The van der Waals surface area contributed by atoms with E-state index in [0.717, 1.165) is 35.7 Å². The molecule has 206 valence electrons. The second kappa shape index (κ2) is 14.6. The van der Waals surface area contributed by atoms with Gasteiger partial charge in [-0.25, -0.2) is 9.56 Å². The van der Waals surface area contributed by atoms with Gasteiger partial charge in [0.05, 0.1) is 11.5 Å². The minimum Gasteiger partial charge on any atom is -0.361 e. The van der Waals surface area contributed by atoms with Crippen LogP contribution in [0.4, 0.5) is 0 Å². The molecule has 0 radical (unpaired) electrons. The summed E-state index contributed by atoms with van der Waals surface area (Å²) < 4.78 is 4.43. The van der Waals surface area contributed by atoms with Gasteiger partial charge in [0, 0.05) is 59.5 Å². The van der Waals surface area contributed by atoms with E-state index in [2.05, 4.69) is 136 Å². The second-order valence-corrected chi connectivity index (χ2v) is 12.4. The van der Waals surface area contributed by atoms with Crippen LogP contribution in [0.25, 0.3) is 40.0 Å². The molecule has 2 N–H and O–H groups in total. The van der Waals surface area contributed by atoms with Crippen molar-refractivity contribution in [1.29, 1.82) is 0 Å². The van der Waals surface area contributed by atoms with E-state index < -0.39 is 0 Å². The van der Waals surface area contributed by atoms with Gasteiger partial charge in [0.25, 0.3) is 0 Å². The number of hydrogen-bond acceptors (Lipinski definition) is 2. The van der Waals surface area contributed by atoms with Gasteiger partial charge in [0.15, 0.2) is 31.7 Å². The highest BCUT2D eigenvalue weighted by Gasteiger charge is 2.04. The first-order valence-electron chi connectivity index (χ1n) is 13.8. The van der Waals surface area contributed by atoms with Gasteiger partial charge in [-0.1, -0.05) is 94.9 Å². The third-order valence-corrected chi connectivity index (χ3v) is 9.24. The number of fused-ring (bicyclic) bond motifs is 2. The normalized spacial score (nSPS) is 12.6. The maximum Gasteiger partial charge on any atom is 0.169 e. The number of benzene rings is 2. The second-order valence-electron chi connectivity index (χ2n) is 9.67. The summed E-state index contributed by atoms with van der Waals surface area (Å²) in [6, 6.07) is 21.2. The van der Waals surface area contributed by atoms with Crippen LogP contribution in [0.1, 0.15) is 16.7 Å². The summed E-state index contributed by atoms with van der Waals surface area (Å²) in [6.07, 6.45) is 23.1. The lowest BCUT2D eigenvalue weighted by molar-refractivity contribution is -0.692. The van der Waals surface area contributed by atoms with Crippen LogP contribution in [0.5, 0.6) is 0 Å². The first-order chi connectivity index (χ1) is 20.2. The molecule has 3 aromatic heterocycles. The van der Waals surface area contributed by atoms with Gasteiger partial charge in [-0.15, -0.1) is 0 Å². The average molecular weight is 577 g/mol. The third kappa shape index (κ3) is 7.81. The van der Waals surface area contributed by atoms with Crippen LogP contribution >= 0.6 is 21.6 Å². The Morgan fingerprint density at radius 1 is 0.927 bits per heavy atom. The number of aromatic nitrogens is 3. The van der Waals surface area contributed by atoms with Crippen molar-refractivity contribution in [2.45, 2.75) is 6.54 Å². The number of rotatable bonds is 13. The molecule has 3 heterocycles. The number of H-pyrrole nitrogens is 1. The Kier molecular flexibility index (Phi) is 10.1. The van der Waals surface area contributed by atoms with E-state index in [4.69, 9.17) is 0 Å². The largest absolute Gasteiger partial charge is 0.361 e. The fraction of sp³-hybridized carbons (Fsp3) is 0.143. The van der Waals surface area contributed by atoms with Crippen LogP contribution in [0.3, 0.4) is 0 Å². The molecule has 0 bridgehead atoms. The molecule has 4 nitrogen and oxygen atoms in total. The molecule has 0 amide bonds. The number of nitrogens with zero attached hydrogens (tertiary/aromatic N) is 2. The zero-order valence-electron chi connectivity index (χ0n) is 23.4.